The van der Waals surface area contributed by atoms with Crippen molar-refractivity contribution in [1.82, 2.24) is 14.9 Å². The number of halogens is 4. The molecule has 0 spiro atoms. The van der Waals surface area contributed by atoms with Gasteiger partial charge in [0.15, 0.2) is 0 Å². The Bertz CT molecular complexity index is 1210. The fraction of sp³-hybridized carbons (Fsp3) is 0.250. The average Bonchev–Trinajstić information content (AvgIpc) is 2.77. The van der Waals surface area contributed by atoms with Gasteiger partial charge in [-0.1, -0.05) is 0 Å². The number of nitro benzene ring substituents is 1. The number of benzene rings is 2. The van der Waals surface area contributed by atoms with Gasteiger partial charge in [0.25, 0.3) is 11.6 Å². The molecule has 1 aliphatic heterocycles. The second-order valence-corrected chi connectivity index (χ2v) is 7.12. The van der Waals surface area contributed by atoms with Gasteiger partial charge in [0.2, 0.25) is 0 Å². The largest absolute Gasteiger partial charge is 0.416 e. The summed E-state index contributed by atoms with van der Waals surface area (Å²) in [5.74, 6) is -1.11. The fourth-order valence-electron chi connectivity index (χ4n) is 3.64. The van der Waals surface area contributed by atoms with Crippen molar-refractivity contribution in [3.8, 4) is 0 Å². The molecule has 8 nitrogen and oxygen atoms in total. The van der Waals surface area contributed by atoms with Crippen molar-refractivity contribution in [2.45, 2.75) is 6.18 Å². The van der Waals surface area contributed by atoms with Crippen molar-refractivity contribution < 1.29 is 27.3 Å². The Morgan fingerprint density at radius 3 is 2.38 bits per heavy atom. The normalized spacial score (nSPS) is 14.6. The molecule has 3 aromatic rings. The van der Waals surface area contributed by atoms with Crippen LogP contribution in [-0.2, 0) is 6.18 Å². The van der Waals surface area contributed by atoms with Crippen molar-refractivity contribution in [3.05, 3.63) is 69.8 Å². The standard InChI is InChI=1S/C20H15F4N5O3/c21-13-10-14(18-15(11-13)25-3-4-26-18)19(30)28-7-5-27(6-8-28)16-2-1-12(20(22,23)24)9-17(16)29(31)32/h1-4,9-11H,5-8H2. The molecule has 0 unspecified atom stereocenters. The van der Waals surface area contributed by atoms with Crippen LogP contribution in [-0.4, -0.2) is 51.9 Å². The molecule has 1 saturated heterocycles. The van der Waals surface area contributed by atoms with Crippen LogP contribution in [0.15, 0.2) is 42.7 Å². The molecule has 4 rings (SSSR count). The quantitative estimate of drug-likeness (QED) is 0.344. The van der Waals surface area contributed by atoms with E-state index in [1.165, 1.54) is 23.4 Å². The van der Waals surface area contributed by atoms with E-state index < -0.39 is 34.1 Å². The summed E-state index contributed by atoms with van der Waals surface area (Å²) in [6, 6.07) is 4.60. The number of anilines is 1. The zero-order valence-corrected chi connectivity index (χ0v) is 16.3. The van der Waals surface area contributed by atoms with Crippen LogP contribution in [0.4, 0.5) is 28.9 Å². The van der Waals surface area contributed by atoms with Gasteiger partial charge < -0.3 is 9.80 Å². The Hall–Kier alpha value is -3.83. The maximum absolute atomic E-state index is 14.0. The number of alkyl halides is 3. The summed E-state index contributed by atoms with van der Waals surface area (Å²) in [5, 5.41) is 11.4. The van der Waals surface area contributed by atoms with E-state index in [0.29, 0.717) is 6.07 Å². The molecule has 166 valence electrons. The predicted octanol–water partition coefficient (Wildman–Crippen LogP) is 3.66. The van der Waals surface area contributed by atoms with E-state index >= 15 is 0 Å². The molecule has 2 heterocycles. The number of amides is 1. The first kappa shape index (κ1) is 21.4. The van der Waals surface area contributed by atoms with Crippen molar-refractivity contribution >= 4 is 28.3 Å². The number of hydrogen-bond acceptors (Lipinski definition) is 6. The van der Waals surface area contributed by atoms with Crippen LogP contribution >= 0.6 is 0 Å². The molecule has 0 N–H and O–H groups in total. The van der Waals surface area contributed by atoms with Crippen molar-refractivity contribution in [3.63, 3.8) is 0 Å². The van der Waals surface area contributed by atoms with E-state index in [2.05, 4.69) is 9.97 Å². The van der Waals surface area contributed by atoms with E-state index in [0.717, 1.165) is 18.2 Å². The fourth-order valence-corrected chi connectivity index (χ4v) is 3.64. The third-order valence-electron chi connectivity index (χ3n) is 5.18. The highest BCUT2D eigenvalue weighted by Crippen LogP contribution is 2.36. The lowest BCUT2D eigenvalue weighted by atomic mass is 10.1. The van der Waals surface area contributed by atoms with Gasteiger partial charge >= 0.3 is 6.18 Å². The maximum atomic E-state index is 14.0. The molecule has 1 aromatic heterocycles. The lowest BCUT2D eigenvalue weighted by Crippen LogP contribution is -2.49. The molecule has 2 aromatic carbocycles. The summed E-state index contributed by atoms with van der Waals surface area (Å²) >= 11 is 0. The van der Waals surface area contributed by atoms with Gasteiger partial charge in [0.05, 0.1) is 21.6 Å². The number of hydrogen-bond donors (Lipinski definition) is 0. The van der Waals surface area contributed by atoms with E-state index in [9.17, 15) is 32.5 Å². The maximum Gasteiger partial charge on any atom is 0.416 e. The first-order chi connectivity index (χ1) is 15.1. The average molecular weight is 449 g/mol. The molecule has 0 aliphatic carbocycles. The first-order valence-corrected chi connectivity index (χ1v) is 9.45. The smallest absolute Gasteiger partial charge is 0.362 e. The summed E-state index contributed by atoms with van der Waals surface area (Å²) in [7, 11) is 0. The zero-order chi connectivity index (χ0) is 23.0. The highest BCUT2D eigenvalue weighted by molar-refractivity contribution is 6.04. The molecular formula is C20H15F4N5O3. The summed E-state index contributed by atoms with van der Waals surface area (Å²) in [6.45, 7) is 0.568. The molecule has 0 radical (unpaired) electrons. The van der Waals surface area contributed by atoms with Crippen LogP contribution in [0, 0.1) is 15.9 Å². The third kappa shape index (κ3) is 4.03. The Morgan fingerprint density at radius 1 is 1.03 bits per heavy atom. The molecule has 0 bridgehead atoms. The number of piperazine rings is 1. The Labute approximate surface area is 178 Å². The minimum Gasteiger partial charge on any atom is -0.362 e. The minimum atomic E-state index is -4.70. The number of aromatic nitrogens is 2. The van der Waals surface area contributed by atoms with Crippen LogP contribution < -0.4 is 4.90 Å². The number of fused-ring (bicyclic) bond motifs is 1. The Morgan fingerprint density at radius 2 is 1.72 bits per heavy atom. The molecular weight excluding hydrogens is 434 g/mol. The predicted molar refractivity (Wildman–Crippen MR) is 106 cm³/mol. The van der Waals surface area contributed by atoms with Gasteiger partial charge in [0.1, 0.15) is 17.0 Å². The molecule has 0 atom stereocenters. The molecule has 1 fully saturated rings. The summed E-state index contributed by atoms with van der Waals surface area (Å²) in [4.78, 5) is 34.6. The Balaban J connectivity index is 1.55. The van der Waals surface area contributed by atoms with Gasteiger partial charge in [-0.05, 0) is 18.2 Å². The zero-order valence-electron chi connectivity index (χ0n) is 16.3. The van der Waals surface area contributed by atoms with Gasteiger partial charge in [-0.25, -0.2) is 4.39 Å². The molecule has 32 heavy (non-hydrogen) atoms. The van der Waals surface area contributed by atoms with Gasteiger partial charge in [-0.2, -0.15) is 13.2 Å². The van der Waals surface area contributed by atoms with E-state index in [4.69, 9.17) is 0 Å². The van der Waals surface area contributed by atoms with Crippen LogP contribution in [0.25, 0.3) is 11.0 Å². The molecule has 0 saturated carbocycles. The van der Waals surface area contributed by atoms with Crippen LogP contribution in [0.3, 0.4) is 0 Å². The number of carbonyl (C=O) groups excluding carboxylic acids is 1. The van der Waals surface area contributed by atoms with E-state index in [1.54, 1.807) is 4.90 Å². The number of carbonyl (C=O) groups is 1. The topological polar surface area (TPSA) is 92.5 Å². The first-order valence-electron chi connectivity index (χ1n) is 9.45. The monoisotopic (exact) mass is 449 g/mol. The van der Waals surface area contributed by atoms with Crippen LogP contribution in [0.2, 0.25) is 0 Å². The Kier molecular flexibility index (Phi) is 5.36. The summed E-state index contributed by atoms with van der Waals surface area (Å²) in [6.07, 6.45) is -1.94. The lowest BCUT2D eigenvalue weighted by molar-refractivity contribution is -0.384. The lowest BCUT2D eigenvalue weighted by Gasteiger charge is -2.36. The molecule has 1 aliphatic rings. The SMILES string of the molecule is O=C(c1cc(F)cc2nccnc12)N1CCN(c2ccc(C(F)(F)F)cc2[N+](=O)[O-])CC1. The van der Waals surface area contributed by atoms with E-state index in [-0.39, 0.29) is 48.5 Å². The van der Waals surface area contributed by atoms with E-state index in [1.807, 2.05) is 0 Å². The highest BCUT2D eigenvalue weighted by atomic mass is 19.4. The second-order valence-electron chi connectivity index (χ2n) is 7.12. The molecule has 1 amide bonds. The van der Waals surface area contributed by atoms with Crippen molar-refractivity contribution in [2.75, 3.05) is 31.1 Å². The number of rotatable bonds is 3. The minimum absolute atomic E-state index is 0.0390. The summed E-state index contributed by atoms with van der Waals surface area (Å²) < 4.78 is 52.7. The van der Waals surface area contributed by atoms with Gasteiger partial charge in [-0.15, -0.1) is 0 Å². The molecule has 12 heteroatoms. The third-order valence-corrected chi connectivity index (χ3v) is 5.18. The van der Waals surface area contributed by atoms with Gasteiger partial charge in [0, 0.05) is 50.7 Å². The summed E-state index contributed by atoms with van der Waals surface area (Å²) in [5.41, 5.74) is -1.21. The van der Waals surface area contributed by atoms with Crippen molar-refractivity contribution in [1.29, 1.82) is 0 Å². The second kappa shape index (κ2) is 8.02. The number of nitro groups is 1. The highest BCUT2D eigenvalue weighted by Gasteiger charge is 2.34. The van der Waals surface area contributed by atoms with Crippen LogP contribution in [0.5, 0.6) is 0 Å². The van der Waals surface area contributed by atoms with Gasteiger partial charge in [-0.3, -0.25) is 24.9 Å². The number of nitrogens with zero attached hydrogens (tertiary/aromatic N) is 5. The van der Waals surface area contributed by atoms with Crippen molar-refractivity contribution in [2.24, 2.45) is 0 Å². The van der Waals surface area contributed by atoms with Crippen LogP contribution in [0.1, 0.15) is 15.9 Å².